The number of carbonyl (C=O) groups is 4. The summed E-state index contributed by atoms with van der Waals surface area (Å²) in [6.45, 7) is 0. The van der Waals surface area contributed by atoms with Gasteiger partial charge in [-0.1, -0.05) is 51.8 Å². The molecule has 4 aromatic carbocycles. The van der Waals surface area contributed by atoms with Gasteiger partial charge in [-0.15, -0.1) is 0 Å². The number of hydrogen-bond acceptors (Lipinski definition) is 8. The summed E-state index contributed by atoms with van der Waals surface area (Å²) in [6.07, 6.45) is 0. The van der Waals surface area contributed by atoms with Crippen LogP contribution < -0.4 is 9.44 Å². The highest BCUT2D eigenvalue weighted by atomic mass is 79.9. The maximum atomic E-state index is 12.7. The molecule has 0 atom stereocenters. The maximum Gasteiger partial charge on any atom is 0.264 e. The molecule has 14 heteroatoms. The summed E-state index contributed by atoms with van der Waals surface area (Å²) >= 11 is 8.96. The maximum absolute atomic E-state index is 12.7. The summed E-state index contributed by atoms with van der Waals surface area (Å²) in [7, 11) is -8.32. The van der Waals surface area contributed by atoms with E-state index in [-0.39, 0.29) is 32.0 Å². The number of hydrogen-bond donors (Lipinski definition) is 2. The van der Waals surface area contributed by atoms with E-state index in [1.54, 1.807) is 0 Å². The van der Waals surface area contributed by atoms with Crippen molar-refractivity contribution in [2.45, 2.75) is 9.79 Å². The van der Waals surface area contributed by atoms with Gasteiger partial charge >= 0.3 is 0 Å². The molecule has 0 spiro atoms. The van der Waals surface area contributed by atoms with Crippen molar-refractivity contribution in [1.82, 2.24) is 9.44 Å². The number of nitrogens with one attached hydrogen (secondary N) is 2. The van der Waals surface area contributed by atoms with Gasteiger partial charge in [0.25, 0.3) is 31.9 Å². The largest absolute Gasteiger partial charge is 0.285 e. The highest BCUT2D eigenvalue weighted by molar-refractivity contribution is 9.10. The summed E-state index contributed by atoms with van der Waals surface area (Å²) in [5.41, 5.74) is -0.281. The summed E-state index contributed by atoms with van der Waals surface area (Å²) in [6, 6.07) is 20.4. The molecule has 214 valence electrons. The topological polar surface area (TPSA) is 161 Å². The Morgan fingerprint density at radius 2 is 0.810 bits per heavy atom. The second-order valence-electron chi connectivity index (χ2n) is 8.59. The number of halogens is 2. The third-order valence-corrected chi connectivity index (χ3v) is 9.20. The van der Waals surface area contributed by atoms with Gasteiger partial charge < -0.3 is 0 Å². The number of rotatable bonds is 9. The highest BCUT2D eigenvalue weighted by Gasteiger charge is 2.23. The van der Waals surface area contributed by atoms with E-state index < -0.39 is 43.4 Å². The van der Waals surface area contributed by atoms with Crippen molar-refractivity contribution < 1.29 is 36.0 Å². The highest BCUT2D eigenvalue weighted by Crippen LogP contribution is 2.17. The molecular weight excluding hydrogens is 672 g/mol. The molecule has 0 radical (unpaired) electrons. The van der Waals surface area contributed by atoms with Crippen molar-refractivity contribution in [3.63, 3.8) is 0 Å². The molecule has 0 saturated carbocycles. The summed E-state index contributed by atoms with van der Waals surface area (Å²) < 4.78 is 54.3. The molecule has 42 heavy (non-hydrogen) atoms. The number of benzene rings is 4. The van der Waals surface area contributed by atoms with Crippen LogP contribution in [0.5, 0.6) is 0 Å². The van der Waals surface area contributed by atoms with E-state index in [9.17, 15) is 36.0 Å². The Labute approximate surface area is 254 Å². The van der Waals surface area contributed by atoms with Gasteiger partial charge in [0.15, 0.2) is 0 Å². The van der Waals surface area contributed by atoms with Gasteiger partial charge in [-0.25, -0.2) is 26.3 Å². The molecule has 0 saturated heterocycles. The Kier molecular flexibility index (Phi) is 9.06. The first-order chi connectivity index (χ1) is 19.8. The van der Waals surface area contributed by atoms with Gasteiger partial charge in [0.05, 0.1) is 9.79 Å². The predicted octanol–water partition coefficient (Wildman–Crippen LogP) is 4.41. The van der Waals surface area contributed by atoms with Crippen LogP contribution in [-0.4, -0.2) is 40.2 Å². The minimum atomic E-state index is -4.18. The molecule has 4 rings (SSSR count). The van der Waals surface area contributed by atoms with Crippen LogP contribution in [0, 0.1) is 0 Å². The molecule has 0 aliphatic heterocycles. The minimum Gasteiger partial charge on any atom is -0.285 e. The first-order valence-electron chi connectivity index (χ1n) is 11.7. The minimum absolute atomic E-state index is 0.0661. The van der Waals surface area contributed by atoms with Crippen LogP contribution in [0.2, 0.25) is 5.02 Å². The van der Waals surface area contributed by atoms with Gasteiger partial charge in [0.1, 0.15) is 0 Å². The van der Waals surface area contributed by atoms with Crippen molar-refractivity contribution in [3.05, 3.63) is 129 Å². The Balaban J connectivity index is 1.41. The average molecular weight is 690 g/mol. The van der Waals surface area contributed by atoms with E-state index in [0.29, 0.717) is 9.50 Å². The normalized spacial score (nSPS) is 11.4. The number of ketones is 2. The Morgan fingerprint density at radius 1 is 0.500 bits per heavy atom. The van der Waals surface area contributed by atoms with Crippen LogP contribution in [0.15, 0.2) is 111 Å². The fourth-order valence-electron chi connectivity index (χ4n) is 3.52. The lowest BCUT2D eigenvalue weighted by Gasteiger charge is -2.08. The predicted molar refractivity (Wildman–Crippen MR) is 156 cm³/mol. The zero-order valence-corrected chi connectivity index (χ0v) is 25.1. The molecular formula is C28H18BrClN2O8S2. The summed E-state index contributed by atoms with van der Waals surface area (Å²) in [5, 5.41) is 0.319. The van der Waals surface area contributed by atoms with E-state index in [0.717, 1.165) is 0 Å². The molecule has 0 heterocycles. The van der Waals surface area contributed by atoms with Crippen molar-refractivity contribution in [1.29, 1.82) is 0 Å². The van der Waals surface area contributed by atoms with Gasteiger partial charge in [-0.05, 0) is 72.8 Å². The summed E-state index contributed by atoms with van der Waals surface area (Å²) in [4.78, 5) is 50.1. The molecule has 0 aliphatic rings. The van der Waals surface area contributed by atoms with Crippen LogP contribution in [0.3, 0.4) is 0 Å². The molecule has 0 unspecified atom stereocenters. The first-order valence-corrected chi connectivity index (χ1v) is 15.9. The molecule has 0 bridgehead atoms. The SMILES string of the molecule is O=C(NS(=O)(=O)c1ccc(Cl)cc1)c1ccc(C(=O)C(=O)c2ccc(C(=O)NS(=O)(=O)c3ccc(Br)cc3)cc2)cc1. The van der Waals surface area contributed by atoms with Gasteiger partial charge in [-0.3, -0.25) is 19.2 Å². The van der Waals surface area contributed by atoms with E-state index in [1.807, 2.05) is 9.44 Å². The number of amides is 2. The first kappa shape index (κ1) is 30.8. The van der Waals surface area contributed by atoms with Gasteiger partial charge in [0, 0.05) is 31.7 Å². The Hall–Kier alpha value is -4.17. The van der Waals surface area contributed by atoms with Crippen LogP contribution in [0.4, 0.5) is 0 Å². The van der Waals surface area contributed by atoms with E-state index in [1.165, 1.54) is 97.1 Å². The zero-order valence-electron chi connectivity index (χ0n) is 21.1. The van der Waals surface area contributed by atoms with Crippen LogP contribution >= 0.6 is 27.5 Å². The summed E-state index contributed by atoms with van der Waals surface area (Å²) in [5.74, 6) is -3.74. The fourth-order valence-corrected chi connectivity index (χ4v) is 5.85. The Morgan fingerprint density at radius 3 is 1.17 bits per heavy atom. The van der Waals surface area contributed by atoms with Crippen molar-refractivity contribution in [2.24, 2.45) is 0 Å². The van der Waals surface area contributed by atoms with E-state index in [2.05, 4.69) is 15.9 Å². The lowest BCUT2D eigenvalue weighted by atomic mass is 9.99. The second kappa shape index (κ2) is 12.4. The smallest absolute Gasteiger partial charge is 0.264 e. The quantitative estimate of drug-likeness (QED) is 0.193. The van der Waals surface area contributed by atoms with E-state index >= 15 is 0 Å². The third-order valence-electron chi connectivity index (χ3n) is 5.73. The zero-order chi connectivity index (χ0) is 30.7. The molecule has 2 N–H and O–H groups in total. The fraction of sp³-hybridized carbons (Fsp3) is 0. The monoisotopic (exact) mass is 688 g/mol. The number of carbonyl (C=O) groups excluding carboxylic acids is 4. The second-order valence-corrected chi connectivity index (χ2v) is 13.3. The van der Waals surface area contributed by atoms with Crippen molar-refractivity contribution >= 4 is 71.0 Å². The van der Waals surface area contributed by atoms with Gasteiger partial charge in [0.2, 0.25) is 11.6 Å². The number of Topliss-reactive ketones (excluding diaryl/α,β-unsaturated/α-hetero) is 2. The number of sulfonamides is 2. The molecule has 10 nitrogen and oxygen atoms in total. The van der Waals surface area contributed by atoms with Crippen molar-refractivity contribution in [2.75, 3.05) is 0 Å². The molecule has 0 aliphatic carbocycles. The lowest BCUT2D eigenvalue weighted by Crippen LogP contribution is -2.30. The van der Waals surface area contributed by atoms with E-state index in [4.69, 9.17) is 11.6 Å². The standard InChI is InChI=1S/C28H18BrClN2O8S2/c29-21-9-13-23(14-10-21)41(37,38)31-27(35)19-5-1-17(2-6-19)25(33)26(34)18-3-7-20(8-4-18)28(36)32-42(39,40)24-15-11-22(30)12-16-24/h1-16H,(H,31,35)(H,32,36). The third kappa shape index (κ3) is 7.18. The lowest BCUT2D eigenvalue weighted by molar-refractivity contribution is 0.0817. The molecule has 2 amide bonds. The van der Waals surface area contributed by atoms with Crippen LogP contribution in [0.1, 0.15) is 41.4 Å². The molecule has 0 fully saturated rings. The Bertz CT molecular complexity index is 1770. The van der Waals surface area contributed by atoms with Gasteiger partial charge in [-0.2, -0.15) is 0 Å². The molecule has 4 aromatic rings. The molecule has 0 aromatic heterocycles. The van der Waals surface area contributed by atoms with Crippen molar-refractivity contribution in [3.8, 4) is 0 Å². The van der Waals surface area contributed by atoms with Crippen LogP contribution in [-0.2, 0) is 20.0 Å². The average Bonchev–Trinajstić information content (AvgIpc) is 2.96. The van der Waals surface area contributed by atoms with Crippen LogP contribution in [0.25, 0.3) is 0 Å².